The maximum Gasteiger partial charge on any atom is 0.296 e. The number of carbonyl (C=O) groups is 1. The molecular weight excluding hydrogens is 415 g/mol. The maximum absolute atomic E-state index is 12.3. The van der Waals surface area contributed by atoms with E-state index in [1.54, 1.807) is 24.3 Å². The van der Waals surface area contributed by atoms with E-state index in [1.807, 2.05) is 0 Å². The molecule has 8 heteroatoms. The number of nitrogens with one attached hydrogen (secondary N) is 1. The summed E-state index contributed by atoms with van der Waals surface area (Å²) in [7, 11) is 0. The molecule has 0 saturated heterocycles. The lowest BCUT2D eigenvalue weighted by atomic mass is 10.2. The van der Waals surface area contributed by atoms with Gasteiger partial charge in [0.05, 0.1) is 11.0 Å². The van der Waals surface area contributed by atoms with Crippen molar-refractivity contribution in [2.75, 3.05) is 18.5 Å². The van der Waals surface area contributed by atoms with Gasteiger partial charge in [0.15, 0.2) is 11.5 Å². The van der Waals surface area contributed by atoms with Crippen LogP contribution in [-0.2, 0) is 0 Å². The Labute approximate surface area is 144 Å². The minimum atomic E-state index is -0.568. The summed E-state index contributed by atoms with van der Waals surface area (Å²) in [6.45, 7) is 0.688. The Morgan fingerprint density at radius 2 is 1.74 bits per heavy atom. The van der Waals surface area contributed by atoms with Crippen LogP contribution in [0.15, 0.2) is 36.4 Å². The number of nitrogens with zero attached hydrogens (tertiary/aromatic N) is 1. The van der Waals surface area contributed by atoms with Crippen molar-refractivity contribution < 1.29 is 19.2 Å². The van der Waals surface area contributed by atoms with Crippen molar-refractivity contribution in [1.29, 1.82) is 0 Å². The molecule has 0 radical (unpaired) electrons. The summed E-state index contributed by atoms with van der Waals surface area (Å²) < 4.78 is 11.7. The molecule has 3 rings (SSSR count). The predicted molar refractivity (Wildman–Crippen MR) is 91.2 cm³/mol. The molecule has 1 aliphatic heterocycles. The smallest absolute Gasteiger partial charge is 0.296 e. The fourth-order valence-electron chi connectivity index (χ4n) is 2.12. The van der Waals surface area contributed by atoms with Crippen LogP contribution in [0.1, 0.15) is 10.4 Å². The third-order valence-corrected chi connectivity index (χ3v) is 3.93. The molecule has 2 aromatic rings. The van der Waals surface area contributed by atoms with E-state index in [1.165, 1.54) is 12.1 Å². The molecule has 0 unspecified atom stereocenters. The Bertz CT molecular complexity index is 776. The minimum Gasteiger partial charge on any atom is -0.486 e. The molecule has 7 nitrogen and oxygen atoms in total. The average Bonchev–Trinajstić information content (AvgIpc) is 2.54. The molecular formula is C15H11IN2O5. The standard InChI is InChI=1S/C15H11IN2O5/c16-10-3-1-9(2-4-10)15(19)17-11-7-13-14(23-6-5-22-13)8-12(11)18(20)21/h1-4,7-8H,5-6H2,(H,17,19). The first-order valence-corrected chi connectivity index (χ1v) is 7.77. The highest BCUT2D eigenvalue weighted by molar-refractivity contribution is 14.1. The summed E-state index contributed by atoms with van der Waals surface area (Å²) in [5.41, 5.74) is 0.241. The number of nitro groups is 1. The first-order chi connectivity index (χ1) is 11.0. The van der Waals surface area contributed by atoms with Gasteiger partial charge in [0.1, 0.15) is 18.9 Å². The highest BCUT2D eigenvalue weighted by Crippen LogP contribution is 2.39. The van der Waals surface area contributed by atoms with Crippen molar-refractivity contribution in [3.8, 4) is 11.5 Å². The van der Waals surface area contributed by atoms with Crippen LogP contribution in [0.4, 0.5) is 11.4 Å². The van der Waals surface area contributed by atoms with Crippen LogP contribution in [0.25, 0.3) is 0 Å². The van der Waals surface area contributed by atoms with E-state index in [0.717, 1.165) is 3.57 Å². The van der Waals surface area contributed by atoms with E-state index in [-0.39, 0.29) is 11.4 Å². The molecule has 0 saturated carbocycles. The monoisotopic (exact) mass is 426 g/mol. The van der Waals surface area contributed by atoms with Gasteiger partial charge >= 0.3 is 0 Å². The zero-order chi connectivity index (χ0) is 16.4. The number of anilines is 1. The van der Waals surface area contributed by atoms with E-state index in [0.29, 0.717) is 30.3 Å². The van der Waals surface area contributed by atoms with E-state index in [9.17, 15) is 14.9 Å². The van der Waals surface area contributed by atoms with Gasteiger partial charge in [-0.2, -0.15) is 0 Å². The molecule has 1 N–H and O–H groups in total. The molecule has 0 bridgehead atoms. The summed E-state index contributed by atoms with van der Waals surface area (Å²) >= 11 is 2.13. The number of halogens is 1. The fourth-order valence-corrected chi connectivity index (χ4v) is 2.48. The van der Waals surface area contributed by atoms with Gasteiger partial charge in [0.2, 0.25) is 0 Å². The van der Waals surface area contributed by atoms with Crippen molar-refractivity contribution >= 4 is 39.9 Å². The van der Waals surface area contributed by atoms with Crippen molar-refractivity contribution in [2.24, 2.45) is 0 Å². The van der Waals surface area contributed by atoms with Crippen LogP contribution in [0.3, 0.4) is 0 Å². The molecule has 0 aliphatic carbocycles. The third kappa shape index (κ3) is 3.36. The zero-order valence-corrected chi connectivity index (χ0v) is 13.9. The van der Waals surface area contributed by atoms with E-state index < -0.39 is 10.8 Å². The predicted octanol–water partition coefficient (Wildman–Crippen LogP) is 3.22. The molecule has 0 spiro atoms. The second-order valence-corrected chi connectivity index (χ2v) is 5.98. The maximum atomic E-state index is 12.3. The van der Waals surface area contributed by atoms with Crippen molar-refractivity contribution in [3.63, 3.8) is 0 Å². The molecule has 23 heavy (non-hydrogen) atoms. The third-order valence-electron chi connectivity index (χ3n) is 3.21. The van der Waals surface area contributed by atoms with Crippen molar-refractivity contribution in [1.82, 2.24) is 0 Å². The van der Waals surface area contributed by atoms with E-state index in [4.69, 9.17) is 9.47 Å². The van der Waals surface area contributed by atoms with Gasteiger partial charge in [-0.3, -0.25) is 14.9 Å². The summed E-state index contributed by atoms with van der Waals surface area (Å²) in [5, 5.41) is 13.8. The van der Waals surface area contributed by atoms with Gasteiger partial charge in [0.25, 0.3) is 11.6 Å². The quantitative estimate of drug-likeness (QED) is 0.463. The van der Waals surface area contributed by atoms with Gasteiger partial charge in [-0.15, -0.1) is 0 Å². The Hall–Kier alpha value is -2.36. The number of ether oxygens (including phenoxy) is 2. The first-order valence-electron chi connectivity index (χ1n) is 6.69. The van der Waals surface area contributed by atoms with E-state index in [2.05, 4.69) is 27.9 Å². The van der Waals surface area contributed by atoms with Gasteiger partial charge in [-0.1, -0.05) is 0 Å². The molecule has 2 aromatic carbocycles. The lowest BCUT2D eigenvalue weighted by Crippen LogP contribution is -2.17. The SMILES string of the molecule is O=C(Nc1cc2c(cc1[N+](=O)[O-])OCCO2)c1ccc(I)cc1. The zero-order valence-electron chi connectivity index (χ0n) is 11.7. The Morgan fingerprint density at radius 3 is 2.35 bits per heavy atom. The largest absolute Gasteiger partial charge is 0.486 e. The van der Waals surface area contributed by atoms with Crippen LogP contribution in [0, 0.1) is 13.7 Å². The van der Waals surface area contributed by atoms with Gasteiger partial charge < -0.3 is 14.8 Å². The lowest BCUT2D eigenvalue weighted by molar-refractivity contribution is -0.384. The van der Waals surface area contributed by atoms with Crippen LogP contribution < -0.4 is 14.8 Å². The minimum absolute atomic E-state index is 0.0720. The summed E-state index contributed by atoms with van der Waals surface area (Å²) in [6, 6.07) is 9.55. The number of benzene rings is 2. The Morgan fingerprint density at radius 1 is 1.13 bits per heavy atom. The van der Waals surface area contributed by atoms with Gasteiger partial charge in [-0.25, -0.2) is 0 Å². The highest BCUT2D eigenvalue weighted by atomic mass is 127. The summed E-state index contributed by atoms with van der Waals surface area (Å²) in [4.78, 5) is 22.9. The van der Waals surface area contributed by atoms with Crippen LogP contribution in [0.5, 0.6) is 11.5 Å². The van der Waals surface area contributed by atoms with Crippen LogP contribution >= 0.6 is 22.6 Å². The number of carbonyl (C=O) groups excluding carboxylic acids is 1. The number of amides is 1. The Kier molecular flexibility index (Phi) is 4.33. The van der Waals surface area contributed by atoms with E-state index >= 15 is 0 Å². The number of hydrogen-bond donors (Lipinski definition) is 1. The fraction of sp³-hybridized carbons (Fsp3) is 0.133. The second-order valence-electron chi connectivity index (χ2n) is 4.73. The summed E-state index contributed by atoms with van der Waals surface area (Å²) in [6.07, 6.45) is 0. The molecule has 118 valence electrons. The topological polar surface area (TPSA) is 90.7 Å². The van der Waals surface area contributed by atoms with Gasteiger partial charge in [0, 0.05) is 15.2 Å². The molecule has 1 amide bonds. The van der Waals surface area contributed by atoms with Crippen LogP contribution in [-0.4, -0.2) is 24.0 Å². The normalized spacial score (nSPS) is 12.6. The summed E-state index contributed by atoms with van der Waals surface area (Å²) in [5.74, 6) is 0.246. The van der Waals surface area contributed by atoms with Gasteiger partial charge in [-0.05, 0) is 46.9 Å². The second kappa shape index (κ2) is 6.41. The molecule has 0 fully saturated rings. The molecule has 1 aliphatic rings. The Balaban J connectivity index is 1.93. The number of nitro benzene ring substituents is 1. The number of rotatable bonds is 3. The van der Waals surface area contributed by atoms with Crippen molar-refractivity contribution in [2.45, 2.75) is 0 Å². The molecule has 0 aromatic heterocycles. The molecule has 0 atom stereocenters. The van der Waals surface area contributed by atoms with Crippen LogP contribution in [0.2, 0.25) is 0 Å². The highest BCUT2D eigenvalue weighted by Gasteiger charge is 2.23. The first kappa shape index (κ1) is 15.5. The number of hydrogen-bond acceptors (Lipinski definition) is 5. The van der Waals surface area contributed by atoms with Crippen molar-refractivity contribution in [3.05, 3.63) is 55.6 Å². The average molecular weight is 426 g/mol. The molecule has 1 heterocycles. The number of fused-ring (bicyclic) bond motifs is 1. The lowest BCUT2D eigenvalue weighted by Gasteiger charge is -2.19.